The van der Waals surface area contributed by atoms with Gasteiger partial charge >= 0.3 is 0 Å². The van der Waals surface area contributed by atoms with Gasteiger partial charge in [-0.2, -0.15) is 0 Å². The molecule has 0 fully saturated rings. The number of nitrogens with one attached hydrogen (secondary N) is 1. The van der Waals surface area contributed by atoms with Gasteiger partial charge in [0.25, 0.3) is 5.91 Å². The summed E-state index contributed by atoms with van der Waals surface area (Å²) in [7, 11) is 3.20. The number of rotatable bonds is 12. The van der Waals surface area contributed by atoms with Crippen molar-refractivity contribution in [1.29, 1.82) is 0 Å². The lowest BCUT2D eigenvalue weighted by molar-refractivity contribution is -0.132. The minimum atomic E-state index is -0.139. The van der Waals surface area contributed by atoms with Crippen molar-refractivity contribution in [1.82, 2.24) is 14.8 Å². The molecule has 0 atom stereocenters. The number of fused-ring (bicyclic) bond motifs is 1. The number of aromatic amines is 1. The van der Waals surface area contributed by atoms with E-state index in [1.807, 2.05) is 79.5 Å². The van der Waals surface area contributed by atoms with Crippen LogP contribution in [0.15, 0.2) is 79.0 Å². The minimum absolute atomic E-state index is 0.00703. The van der Waals surface area contributed by atoms with Crippen LogP contribution in [0.4, 0.5) is 0 Å². The standard InChI is InChI=1S/C32H37N3O4/c1-23(2)20-35(32(37)25-10-6-5-7-11-25)22-31(36)34(21-24-14-15-29(38-3)30(18-24)39-4)17-16-26-19-33-28-13-9-8-12-27(26)28/h5-15,18-19,23,33H,16-17,20-22H2,1-4H3. The zero-order valence-corrected chi connectivity index (χ0v) is 23.1. The first-order chi connectivity index (χ1) is 18.9. The fourth-order valence-corrected chi connectivity index (χ4v) is 4.77. The van der Waals surface area contributed by atoms with E-state index in [9.17, 15) is 9.59 Å². The lowest BCUT2D eigenvalue weighted by atomic mass is 10.1. The van der Waals surface area contributed by atoms with Crippen molar-refractivity contribution in [3.05, 3.63) is 95.7 Å². The Morgan fingerprint density at radius 2 is 1.59 bits per heavy atom. The van der Waals surface area contributed by atoms with Gasteiger partial charge in [-0.1, -0.05) is 56.3 Å². The van der Waals surface area contributed by atoms with Crippen molar-refractivity contribution < 1.29 is 19.1 Å². The Morgan fingerprint density at radius 1 is 0.872 bits per heavy atom. The summed E-state index contributed by atoms with van der Waals surface area (Å²) in [6.07, 6.45) is 2.69. The number of hydrogen-bond donors (Lipinski definition) is 1. The summed E-state index contributed by atoms with van der Waals surface area (Å²) in [5.74, 6) is 1.22. The fourth-order valence-electron chi connectivity index (χ4n) is 4.77. The fraction of sp³-hybridized carbons (Fsp3) is 0.312. The third-order valence-corrected chi connectivity index (χ3v) is 6.72. The summed E-state index contributed by atoms with van der Waals surface area (Å²) < 4.78 is 10.9. The van der Waals surface area contributed by atoms with Crippen LogP contribution in [0.3, 0.4) is 0 Å². The SMILES string of the molecule is COc1ccc(CN(CCc2c[nH]c3ccccc23)C(=O)CN(CC(C)C)C(=O)c2ccccc2)cc1OC. The Labute approximate surface area is 230 Å². The molecule has 4 rings (SSSR count). The molecular formula is C32H37N3O4. The predicted molar refractivity (Wildman–Crippen MR) is 154 cm³/mol. The van der Waals surface area contributed by atoms with Crippen LogP contribution >= 0.6 is 0 Å². The van der Waals surface area contributed by atoms with Gasteiger partial charge in [0.1, 0.15) is 6.54 Å². The van der Waals surface area contributed by atoms with Gasteiger partial charge in [-0.05, 0) is 53.8 Å². The molecule has 0 saturated heterocycles. The monoisotopic (exact) mass is 527 g/mol. The molecule has 0 radical (unpaired) electrons. The normalized spacial score (nSPS) is 11.0. The zero-order chi connectivity index (χ0) is 27.8. The number of ether oxygens (including phenoxy) is 2. The average molecular weight is 528 g/mol. The second-order valence-electron chi connectivity index (χ2n) is 10.1. The molecule has 204 valence electrons. The molecule has 0 spiro atoms. The third-order valence-electron chi connectivity index (χ3n) is 6.72. The molecule has 0 aliphatic heterocycles. The summed E-state index contributed by atoms with van der Waals surface area (Å²) in [6.45, 7) is 5.49. The van der Waals surface area contributed by atoms with Crippen LogP contribution in [0.1, 0.15) is 35.3 Å². The van der Waals surface area contributed by atoms with Gasteiger partial charge in [0.05, 0.1) is 14.2 Å². The van der Waals surface area contributed by atoms with E-state index in [0.29, 0.717) is 43.1 Å². The van der Waals surface area contributed by atoms with Crippen molar-refractivity contribution in [2.24, 2.45) is 5.92 Å². The van der Waals surface area contributed by atoms with E-state index in [0.717, 1.165) is 22.0 Å². The quantitative estimate of drug-likeness (QED) is 0.262. The van der Waals surface area contributed by atoms with Gasteiger partial charge in [0, 0.05) is 42.3 Å². The van der Waals surface area contributed by atoms with Crippen LogP contribution in [0.2, 0.25) is 0 Å². The van der Waals surface area contributed by atoms with Crippen molar-refractivity contribution >= 4 is 22.7 Å². The first-order valence-corrected chi connectivity index (χ1v) is 13.3. The summed E-state index contributed by atoms with van der Waals surface area (Å²) in [5, 5.41) is 1.15. The number of para-hydroxylation sites is 1. The van der Waals surface area contributed by atoms with E-state index in [-0.39, 0.29) is 24.3 Å². The molecule has 0 aliphatic rings. The Balaban J connectivity index is 1.58. The molecule has 1 aromatic heterocycles. The molecule has 1 heterocycles. The first-order valence-electron chi connectivity index (χ1n) is 13.3. The van der Waals surface area contributed by atoms with E-state index >= 15 is 0 Å². The Bertz CT molecular complexity index is 1400. The molecule has 0 saturated carbocycles. The highest BCUT2D eigenvalue weighted by molar-refractivity contribution is 5.96. The van der Waals surface area contributed by atoms with Crippen LogP contribution in [0, 0.1) is 5.92 Å². The number of carbonyl (C=O) groups excluding carboxylic acids is 2. The van der Waals surface area contributed by atoms with Crippen molar-refractivity contribution in [2.75, 3.05) is 33.9 Å². The van der Waals surface area contributed by atoms with Crippen LogP contribution in [-0.2, 0) is 17.8 Å². The molecule has 7 nitrogen and oxygen atoms in total. The Hall–Kier alpha value is -4.26. The lowest BCUT2D eigenvalue weighted by Crippen LogP contribution is -2.44. The molecule has 0 bridgehead atoms. The van der Waals surface area contributed by atoms with E-state index in [4.69, 9.17) is 9.47 Å². The largest absolute Gasteiger partial charge is 0.493 e. The van der Waals surface area contributed by atoms with E-state index in [1.54, 1.807) is 31.3 Å². The highest BCUT2D eigenvalue weighted by atomic mass is 16.5. The van der Waals surface area contributed by atoms with Crippen LogP contribution in [0.25, 0.3) is 10.9 Å². The summed E-state index contributed by atoms with van der Waals surface area (Å²) in [4.78, 5) is 34.0. The molecule has 39 heavy (non-hydrogen) atoms. The predicted octanol–water partition coefficient (Wildman–Crippen LogP) is 5.55. The van der Waals surface area contributed by atoms with Gasteiger partial charge < -0.3 is 24.3 Å². The Morgan fingerprint density at radius 3 is 2.31 bits per heavy atom. The van der Waals surface area contributed by atoms with Crippen LogP contribution in [-0.4, -0.2) is 60.5 Å². The molecule has 0 aliphatic carbocycles. The van der Waals surface area contributed by atoms with E-state index < -0.39 is 0 Å². The van der Waals surface area contributed by atoms with Gasteiger partial charge in [0.2, 0.25) is 5.91 Å². The van der Waals surface area contributed by atoms with E-state index in [2.05, 4.69) is 11.1 Å². The van der Waals surface area contributed by atoms with Crippen molar-refractivity contribution in [3.8, 4) is 11.5 Å². The van der Waals surface area contributed by atoms with Crippen LogP contribution in [0.5, 0.6) is 11.5 Å². The third kappa shape index (κ3) is 6.99. The molecule has 7 heteroatoms. The maximum atomic E-state index is 13.8. The van der Waals surface area contributed by atoms with E-state index in [1.165, 1.54) is 0 Å². The van der Waals surface area contributed by atoms with Crippen LogP contribution < -0.4 is 9.47 Å². The second kappa shape index (κ2) is 13.0. The summed E-state index contributed by atoms with van der Waals surface area (Å²) >= 11 is 0. The molecule has 3 aromatic carbocycles. The number of H-pyrrole nitrogens is 1. The number of amides is 2. The highest BCUT2D eigenvalue weighted by Gasteiger charge is 2.24. The molecule has 2 amide bonds. The molecule has 0 unspecified atom stereocenters. The number of aromatic nitrogens is 1. The summed E-state index contributed by atoms with van der Waals surface area (Å²) in [6, 6.07) is 23.0. The van der Waals surface area contributed by atoms with Gasteiger partial charge in [-0.3, -0.25) is 9.59 Å². The summed E-state index contributed by atoms with van der Waals surface area (Å²) in [5.41, 5.74) is 3.72. The maximum Gasteiger partial charge on any atom is 0.254 e. The number of hydrogen-bond acceptors (Lipinski definition) is 4. The molecular weight excluding hydrogens is 490 g/mol. The minimum Gasteiger partial charge on any atom is -0.493 e. The Kier molecular flexibility index (Phi) is 9.26. The lowest BCUT2D eigenvalue weighted by Gasteiger charge is -2.29. The smallest absolute Gasteiger partial charge is 0.254 e. The molecule has 4 aromatic rings. The van der Waals surface area contributed by atoms with Gasteiger partial charge in [0.15, 0.2) is 11.5 Å². The zero-order valence-electron chi connectivity index (χ0n) is 23.1. The van der Waals surface area contributed by atoms with Gasteiger partial charge in [-0.15, -0.1) is 0 Å². The number of methoxy groups -OCH3 is 2. The topological polar surface area (TPSA) is 74.9 Å². The van der Waals surface area contributed by atoms with Gasteiger partial charge in [-0.25, -0.2) is 0 Å². The number of nitrogens with zero attached hydrogens (tertiary/aromatic N) is 2. The van der Waals surface area contributed by atoms with Crippen molar-refractivity contribution in [2.45, 2.75) is 26.8 Å². The average Bonchev–Trinajstić information content (AvgIpc) is 3.37. The molecule has 1 N–H and O–H groups in total. The first kappa shape index (κ1) is 27.8. The number of benzene rings is 3. The number of carbonyl (C=O) groups is 2. The maximum absolute atomic E-state index is 13.8. The highest BCUT2D eigenvalue weighted by Crippen LogP contribution is 2.28. The van der Waals surface area contributed by atoms with Crippen molar-refractivity contribution in [3.63, 3.8) is 0 Å². The second-order valence-corrected chi connectivity index (χ2v) is 10.1.